The maximum atomic E-state index is 5.74. The van der Waals surface area contributed by atoms with Crippen molar-refractivity contribution >= 4 is 50.8 Å². The van der Waals surface area contributed by atoms with Crippen molar-refractivity contribution in [2.75, 3.05) is 0 Å². The zero-order valence-electron chi connectivity index (χ0n) is 32.9. The van der Waals surface area contributed by atoms with Crippen molar-refractivity contribution in [3.05, 3.63) is 211 Å². The molecule has 0 fully saturated rings. The van der Waals surface area contributed by atoms with Gasteiger partial charge in [0.25, 0.3) is 0 Å². The van der Waals surface area contributed by atoms with Crippen LogP contribution in [0.3, 0.4) is 0 Å². The third kappa shape index (κ3) is 4.75. The van der Waals surface area contributed by atoms with E-state index in [1.165, 1.54) is 65.2 Å². The summed E-state index contributed by atoms with van der Waals surface area (Å²) < 4.78 is 2.43. The average Bonchev–Trinajstić information content (AvgIpc) is 3.87. The lowest BCUT2D eigenvalue weighted by atomic mass is 9.82. The van der Waals surface area contributed by atoms with E-state index in [9.17, 15) is 0 Å². The van der Waals surface area contributed by atoms with Gasteiger partial charge in [-0.2, -0.15) is 0 Å². The number of benzene rings is 8. The fraction of sp³-hybridized carbons (Fsp3) is 0.0545. The maximum absolute atomic E-state index is 5.74. The first-order valence-electron chi connectivity index (χ1n) is 20.5. The first kappa shape index (κ1) is 33.9. The Hall–Kier alpha value is -7.14. The molecule has 1 aliphatic heterocycles. The Balaban J connectivity index is 1.08. The van der Waals surface area contributed by atoms with Crippen molar-refractivity contribution < 1.29 is 0 Å². The highest BCUT2D eigenvalue weighted by Crippen LogP contribution is 2.51. The second kappa shape index (κ2) is 12.7. The van der Waals surface area contributed by atoms with E-state index in [1.54, 1.807) is 0 Å². The number of rotatable bonds is 5. The first-order chi connectivity index (χ1) is 29.0. The largest absolute Gasteiger partial charge is 0.309 e. The molecule has 3 heterocycles. The summed E-state index contributed by atoms with van der Waals surface area (Å²) in [6, 6.07) is 73.3. The topological polar surface area (TPSA) is 30.7 Å². The van der Waals surface area contributed by atoms with Crippen molar-refractivity contribution in [3.8, 4) is 50.6 Å². The third-order valence-electron chi connectivity index (χ3n) is 13.1. The molecule has 0 saturated heterocycles. The Bertz CT molecular complexity index is 3240. The van der Waals surface area contributed by atoms with Crippen LogP contribution in [0.2, 0.25) is 0 Å². The number of nitrogens with zero attached hydrogens (tertiary/aromatic N) is 3. The van der Waals surface area contributed by atoms with Crippen LogP contribution in [-0.2, 0) is 5.41 Å². The molecular weight excluding hydrogens is 731 g/mol. The SMILES string of the molecule is CC1(C)c2ccccc2-c2cc3c(cc21)c1ccccc1n3-c1ccc(-c2nc(-c3ccccc3)c3c(n2)[Si](c2ccccc2)(c2ccccc2)c2ccccc2-3)cc1. The molecule has 0 spiro atoms. The Morgan fingerprint density at radius 1 is 0.458 bits per heavy atom. The fourth-order valence-electron chi connectivity index (χ4n) is 10.4. The molecule has 0 saturated carbocycles. The third-order valence-corrected chi connectivity index (χ3v) is 17.8. The van der Waals surface area contributed by atoms with E-state index < -0.39 is 8.07 Å². The quantitative estimate of drug-likeness (QED) is 0.163. The number of hydrogen-bond acceptors (Lipinski definition) is 2. The standard InChI is InChI=1S/C55H39N3Si/c1-55(2)46-27-15-12-24-41(46)44-35-49-45(34-47(44)55)42-25-13-16-28-48(42)58(49)38-32-30-37(31-33-38)53-56-52(36-18-6-3-7-19-36)51-43-26-14-17-29-50(43)59(54(51)57-53,39-20-8-4-9-21-39)40-22-10-5-11-23-40/h3-35H,1-2H3. The lowest BCUT2D eigenvalue weighted by molar-refractivity contribution is 0.661. The Kier molecular flexibility index (Phi) is 7.29. The normalized spacial score (nSPS) is 14.2. The van der Waals surface area contributed by atoms with Gasteiger partial charge in [-0.15, -0.1) is 0 Å². The molecule has 4 heteroatoms. The lowest BCUT2D eigenvalue weighted by Gasteiger charge is -2.30. The second-order valence-electron chi connectivity index (χ2n) is 16.5. The molecule has 2 aliphatic rings. The van der Waals surface area contributed by atoms with Gasteiger partial charge in [-0.1, -0.05) is 172 Å². The molecular formula is C55H39N3Si. The smallest absolute Gasteiger partial charge is 0.203 e. The van der Waals surface area contributed by atoms with Gasteiger partial charge in [-0.3, -0.25) is 0 Å². The van der Waals surface area contributed by atoms with E-state index in [0.29, 0.717) is 0 Å². The highest BCUT2D eigenvalue weighted by atomic mass is 28.3. The van der Waals surface area contributed by atoms with Gasteiger partial charge >= 0.3 is 0 Å². The van der Waals surface area contributed by atoms with Crippen molar-refractivity contribution in [3.63, 3.8) is 0 Å². The molecule has 0 radical (unpaired) electrons. The summed E-state index contributed by atoms with van der Waals surface area (Å²) in [6.45, 7) is 4.72. The van der Waals surface area contributed by atoms with Gasteiger partial charge in [-0.05, 0) is 85.8 Å². The van der Waals surface area contributed by atoms with Crippen LogP contribution in [0.1, 0.15) is 25.0 Å². The highest BCUT2D eigenvalue weighted by molar-refractivity contribution is 7.21. The van der Waals surface area contributed by atoms with Crippen LogP contribution in [0.15, 0.2) is 200 Å². The summed E-state index contributed by atoms with van der Waals surface area (Å²) in [6.07, 6.45) is 0. The second-order valence-corrected chi connectivity index (χ2v) is 20.2. The van der Waals surface area contributed by atoms with Crippen LogP contribution < -0.4 is 20.9 Å². The molecule has 59 heavy (non-hydrogen) atoms. The van der Waals surface area contributed by atoms with E-state index >= 15 is 0 Å². The number of fused-ring (bicyclic) bond motifs is 9. The zero-order valence-corrected chi connectivity index (χ0v) is 33.9. The van der Waals surface area contributed by atoms with E-state index in [1.807, 2.05) is 0 Å². The van der Waals surface area contributed by atoms with Gasteiger partial charge in [0.1, 0.15) is 0 Å². The number of para-hydroxylation sites is 1. The van der Waals surface area contributed by atoms with Crippen LogP contribution in [0.25, 0.3) is 72.4 Å². The zero-order chi connectivity index (χ0) is 39.3. The predicted molar refractivity (Wildman–Crippen MR) is 247 cm³/mol. The Labute approximate surface area is 345 Å². The molecule has 1 aliphatic carbocycles. The van der Waals surface area contributed by atoms with E-state index in [-0.39, 0.29) is 5.41 Å². The molecule has 0 N–H and O–H groups in total. The molecule has 0 atom stereocenters. The summed E-state index contributed by atoms with van der Waals surface area (Å²) in [5.74, 6) is 0.740. The fourth-order valence-corrected chi connectivity index (χ4v) is 15.4. The minimum absolute atomic E-state index is 0.0672. The van der Waals surface area contributed by atoms with Crippen molar-refractivity contribution in [2.45, 2.75) is 19.3 Å². The molecule has 0 unspecified atom stereocenters. The van der Waals surface area contributed by atoms with Crippen LogP contribution in [-0.4, -0.2) is 22.6 Å². The predicted octanol–water partition coefficient (Wildman–Crippen LogP) is 10.6. The van der Waals surface area contributed by atoms with Gasteiger partial charge in [0.15, 0.2) is 5.82 Å². The van der Waals surface area contributed by atoms with Gasteiger partial charge in [0.05, 0.1) is 22.0 Å². The molecule has 2 aromatic heterocycles. The number of aromatic nitrogens is 3. The maximum Gasteiger partial charge on any atom is 0.203 e. The Morgan fingerprint density at radius 2 is 1.07 bits per heavy atom. The van der Waals surface area contributed by atoms with Crippen LogP contribution >= 0.6 is 0 Å². The summed E-state index contributed by atoms with van der Waals surface area (Å²) >= 11 is 0. The van der Waals surface area contributed by atoms with E-state index in [2.05, 4.69) is 219 Å². The van der Waals surface area contributed by atoms with Crippen molar-refractivity contribution in [2.24, 2.45) is 0 Å². The van der Waals surface area contributed by atoms with Gasteiger partial charge in [0, 0.05) is 38.6 Å². The lowest BCUT2D eigenvalue weighted by Crippen LogP contribution is -2.73. The van der Waals surface area contributed by atoms with Crippen LogP contribution in [0.4, 0.5) is 0 Å². The Morgan fingerprint density at radius 3 is 1.80 bits per heavy atom. The van der Waals surface area contributed by atoms with Gasteiger partial charge in [-0.25, -0.2) is 9.97 Å². The van der Waals surface area contributed by atoms with E-state index in [0.717, 1.165) is 39.2 Å². The molecule has 3 nitrogen and oxygen atoms in total. The summed E-state index contributed by atoms with van der Waals surface area (Å²) in [5, 5.41) is 7.68. The van der Waals surface area contributed by atoms with Gasteiger partial charge in [0.2, 0.25) is 8.07 Å². The van der Waals surface area contributed by atoms with Crippen molar-refractivity contribution in [1.82, 2.24) is 14.5 Å². The molecule has 0 amide bonds. The minimum Gasteiger partial charge on any atom is -0.309 e. The summed E-state index contributed by atoms with van der Waals surface area (Å²) in [7, 11) is -2.87. The van der Waals surface area contributed by atoms with Crippen LogP contribution in [0.5, 0.6) is 0 Å². The molecule has 10 aromatic rings. The molecule has 0 bridgehead atoms. The highest BCUT2D eigenvalue weighted by Gasteiger charge is 2.51. The average molecular weight is 770 g/mol. The molecule has 8 aromatic carbocycles. The van der Waals surface area contributed by atoms with E-state index in [4.69, 9.17) is 9.97 Å². The summed E-state index contributed by atoms with van der Waals surface area (Å²) in [5.41, 5.74) is 14.3. The van der Waals surface area contributed by atoms with Gasteiger partial charge < -0.3 is 4.57 Å². The molecule has 12 rings (SSSR count). The number of hydrogen-bond donors (Lipinski definition) is 0. The monoisotopic (exact) mass is 769 g/mol. The first-order valence-corrected chi connectivity index (χ1v) is 22.5. The summed E-state index contributed by atoms with van der Waals surface area (Å²) in [4.78, 5) is 11.2. The molecule has 278 valence electrons. The van der Waals surface area contributed by atoms with Crippen molar-refractivity contribution in [1.29, 1.82) is 0 Å². The minimum atomic E-state index is -2.87. The van der Waals surface area contributed by atoms with Crippen LogP contribution in [0, 0.1) is 0 Å².